The molecule has 9 aromatic carbocycles. The van der Waals surface area contributed by atoms with Crippen LogP contribution in [0, 0.1) is 0 Å². The zero-order chi connectivity index (χ0) is 37.9. The van der Waals surface area contributed by atoms with E-state index in [1.807, 2.05) is 0 Å². The highest BCUT2D eigenvalue weighted by Gasteiger charge is 2.23. The molecule has 0 aliphatic rings. The summed E-state index contributed by atoms with van der Waals surface area (Å²) in [5.74, 6) is 0. The second-order valence-corrected chi connectivity index (χ2v) is 15.3. The van der Waals surface area contributed by atoms with E-state index in [2.05, 4.69) is 225 Å². The number of rotatable bonds is 4. The standard InChI is InChI=1S/C54H34N4/c1-3-16-35(17-4-1)55-47-28-13-9-24-43(47)51-49(55)32-33-50-52(51)44-25-10-14-29-48(44)56(50)37-20-15-21-38(34-37)58-46-27-12-8-23-40(46)42-31-30-41-39-22-7-11-26-45(39)57(53(41)54(42)58)36-18-5-2-6-19-36/h1-34H. The highest BCUT2D eigenvalue weighted by molar-refractivity contribution is 6.29. The molecule has 0 aliphatic carbocycles. The van der Waals surface area contributed by atoms with E-state index in [0.29, 0.717) is 0 Å². The normalized spacial score (nSPS) is 12.1. The Hall–Kier alpha value is -7.82. The van der Waals surface area contributed by atoms with E-state index < -0.39 is 0 Å². The number of aromatic nitrogens is 4. The van der Waals surface area contributed by atoms with Gasteiger partial charge >= 0.3 is 0 Å². The molecule has 58 heavy (non-hydrogen) atoms. The highest BCUT2D eigenvalue weighted by Crippen LogP contribution is 2.44. The summed E-state index contributed by atoms with van der Waals surface area (Å²) in [6, 6.07) is 75.3. The van der Waals surface area contributed by atoms with Crippen LogP contribution in [0.25, 0.3) is 110 Å². The molecule has 0 unspecified atom stereocenters. The molecule has 4 aromatic heterocycles. The van der Waals surface area contributed by atoms with Crippen molar-refractivity contribution in [3.63, 3.8) is 0 Å². The van der Waals surface area contributed by atoms with Crippen molar-refractivity contribution >= 4 is 87.2 Å². The summed E-state index contributed by atoms with van der Waals surface area (Å²) in [4.78, 5) is 0. The fourth-order valence-corrected chi connectivity index (χ4v) is 10.0. The van der Waals surface area contributed by atoms with Crippen LogP contribution in [-0.2, 0) is 0 Å². The van der Waals surface area contributed by atoms with Gasteiger partial charge in [-0.05, 0) is 78.9 Å². The van der Waals surface area contributed by atoms with Gasteiger partial charge in [-0.25, -0.2) is 0 Å². The number of fused-ring (bicyclic) bond motifs is 14. The number of hydrogen-bond donors (Lipinski definition) is 0. The maximum Gasteiger partial charge on any atom is 0.0788 e. The van der Waals surface area contributed by atoms with Crippen LogP contribution in [0.1, 0.15) is 0 Å². The van der Waals surface area contributed by atoms with Crippen molar-refractivity contribution in [2.75, 3.05) is 0 Å². The van der Waals surface area contributed by atoms with Gasteiger partial charge in [-0.15, -0.1) is 0 Å². The summed E-state index contributed by atoms with van der Waals surface area (Å²) in [5, 5.41) is 10.0. The smallest absolute Gasteiger partial charge is 0.0788 e. The van der Waals surface area contributed by atoms with Gasteiger partial charge in [-0.3, -0.25) is 0 Å². The van der Waals surface area contributed by atoms with Crippen molar-refractivity contribution in [2.45, 2.75) is 0 Å². The molecule has 13 aromatic rings. The molecule has 4 heteroatoms. The Morgan fingerprint density at radius 3 is 1.05 bits per heavy atom. The molecule has 0 fully saturated rings. The molecule has 13 rings (SSSR count). The van der Waals surface area contributed by atoms with Gasteiger partial charge in [-0.1, -0.05) is 127 Å². The number of benzene rings is 9. The third kappa shape index (κ3) is 4.18. The first-order valence-electron chi connectivity index (χ1n) is 20.0. The topological polar surface area (TPSA) is 19.7 Å². The average Bonchev–Trinajstić information content (AvgIpc) is 4.02. The number of hydrogen-bond acceptors (Lipinski definition) is 0. The van der Waals surface area contributed by atoms with Crippen molar-refractivity contribution in [2.24, 2.45) is 0 Å². The van der Waals surface area contributed by atoms with Crippen LogP contribution in [-0.4, -0.2) is 18.3 Å². The predicted octanol–water partition coefficient (Wildman–Crippen LogP) is 14.1. The molecule has 0 N–H and O–H groups in total. The van der Waals surface area contributed by atoms with E-state index in [4.69, 9.17) is 0 Å². The van der Waals surface area contributed by atoms with Crippen LogP contribution >= 0.6 is 0 Å². The molecule has 0 amide bonds. The van der Waals surface area contributed by atoms with E-state index in [0.717, 1.165) is 22.7 Å². The molecule has 0 radical (unpaired) electrons. The Morgan fingerprint density at radius 1 is 0.207 bits per heavy atom. The molecule has 4 nitrogen and oxygen atoms in total. The van der Waals surface area contributed by atoms with E-state index in [1.54, 1.807) is 0 Å². The second-order valence-electron chi connectivity index (χ2n) is 15.3. The summed E-state index contributed by atoms with van der Waals surface area (Å²) in [7, 11) is 0. The molecule has 0 saturated carbocycles. The third-order valence-electron chi connectivity index (χ3n) is 12.3. The molecule has 0 aliphatic heterocycles. The van der Waals surface area contributed by atoms with Crippen molar-refractivity contribution in [3.8, 4) is 22.7 Å². The van der Waals surface area contributed by atoms with Crippen LogP contribution in [0.2, 0.25) is 0 Å². The minimum Gasteiger partial charge on any atom is -0.309 e. The largest absolute Gasteiger partial charge is 0.309 e. The Morgan fingerprint density at radius 2 is 0.552 bits per heavy atom. The summed E-state index contributed by atoms with van der Waals surface area (Å²) < 4.78 is 9.83. The van der Waals surface area contributed by atoms with E-state index in [1.165, 1.54) is 87.2 Å². The van der Waals surface area contributed by atoms with Crippen LogP contribution in [0.15, 0.2) is 206 Å². The van der Waals surface area contributed by atoms with Gasteiger partial charge in [0.15, 0.2) is 0 Å². The maximum atomic E-state index is 2.49. The molecule has 0 atom stereocenters. The van der Waals surface area contributed by atoms with Gasteiger partial charge < -0.3 is 18.3 Å². The van der Waals surface area contributed by atoms with Gasteiger partial charge in [0.05, 0.1) is 44.1 Å². The Balaban J connectivity index is 1.13. The average molecular weight is 739 g/mol. The van der Waals surface area contributed by atoms with Gasteiger partial charge in [0.1, 0.15) is 0 Å². The van der Waals surface area contributed by atoms with Crippen LogP contribution in [0.5, 0.6) is 0 Å². The van der Waals surface area contributed by atoms with Crippen LogP contribution < -0.4 is 0 Å². The zero-order valence-electron chi connectivity index (χ0n) is 31.4. The lowest BCUT2D eigenvalue weighted by Gasteiger charge is -2.14. The van der Waals surface area contributed by atoms with Gasteiger partial charge in [0.25, 0.3) is 0 Å². The van der Waals surface area contributed by atoms with E-state index in [-0.39, 0.29) is 0 Å². The van der Waals surface area contributed by atoms with Gasteiger partial charge in [0.2, 0.25) is 0 Å². The lowest BCUT2D eigenvalue weighted by Crippen LogP contribution is -2.00. The second kappa shape index (κ2) is 11.8. The van der Waals surface area contributed by atoms with Gasteiger partial charge in [0, 0.05) is 65.8 Å². The van der Waals surface area contributed by atoms with Crippen LogP contribution in [0.3, 0.4) is 0 Å². The Bertz CT molecular complexity index is 3780. The minimum atomic E-state index is 1.12. The lowest BCUT2D eigenvalue weighted by atomic mass is 10.1. The fourth-order valence-electron chi connectivity index (χ4n) is 10.0. The lowest BCUT2D eigenvalue weighted by molar-refractivity contribution is 1.12. The summed E-state index contributed by atoms with van der Waals surface area (Å²) in [6.45, 7) is 0. The molecule has 4 heterocycles. The first-order valence-corrected chi connectivity index (χ1v) is 20.0. The Labute approximate surface area is 333 Å². The number of nitrogens with zero attached hydrogens (tertiary/aromatic N) is 4. The first-order chi connectivity index (χ1) is 28.8. The molecule has 270 valence electrons. The maximum absolute atomic E-state index is 2.49. The molecule has 0 saturated heterocycles. The van der Waals surface area contributed by atoms with Gasteiger partial charge in [-0.2, -0.15) is 0 Å². The molecular formula is C54H34N4. The molecule has 0 spiro atoms. The fraction of sp³-hybridized carbons (Fsp3) is 0. The summed E-state index contributed by atoms with van der Waals surface area (Å²) >= 11 is 0. The minimum absolute atomic E-state index is 1.12. The third-order valence-corrected chi connectivity index (χ3v) is 12.3. The van der Waals surface area contributed by atoms with Crippen LogP contribution in [0.4, 0.5) is 0 Å². The van der Waals surface area contributed by atoms with Crippen molar-refractivity contribution in [3.05, 3.63) is 206 Å². The predicted molar refractivity (Wildman–Crippen MR) is 244 cm³/mol. The SMILES string of the molecule is c1ccc(-n2c3ccccc3c3c4c5ccccc5n(-c5cccc(-n6c7ccccc7c7ccc8c9ccccc9n(-c9ccccc9)c8c76)c5)c4ccc32)cc1. The Kier molecular flexibility index (Phi) is 6.41. The van der Waals surface area contributed by atoms with Crippen molar-refractivity contribution in [1.29, 1.82) is 0 Å². The summed E-state index contributed by atoms with van der Waals surface area (Å²) in [6.07, 6.45) is 0. The van der Waals surface area contributed by atoms with Crippen molar-refractivity contribution < 1.29 is 0 Å². The van der Waals surface area contributed by atoms with E-state index in [9.17, 15) is 0 Å². The molecule has 0 bridgehead atoms. The quantitative estimate of drug-likeness (QED) is 0.171. The summed E-state index contributed by atoms with van der Waals surface area (Å²) in [5.41, 5.74) is 14.1. The molecular weight excluding hydrogens is 705 g/mol. The van der Waals surface area contributed by atoms with Crippen molar-refractivity contribution in [1.82, 2.24) is 18.3 Å². The first kappa shape index (κ1) is 31.4. The number of para-hydroxylation sites is 6. The monoisotopic (exact) mass is 738 g/mol. The van der Waals surface area contributed by atoms with E-state index >= 15 is 0 Å². The highest BCUT2D eigenvalue weighted by atomic mass is 15.1. The zero-order valence-corrected chi connectivity index (χ0v) is 31.4.